The summed E-state index contributed by atoms with van der Waals surface area (Å²) < 4.78 is 27.4. The largest absolute Gasteiger partial charge is 0.390 e. The normalized spacial score (nSPS) is 40.5. The van der Waals surface area contributed by atoms with Gasteiger partial charge in [0, 0.05) is 19.6 Å². The maximum Gasteiger partial charge on any atom is 0.243 e. The lowest BCUT2D eigenvalue weighted by Gasteiger charge is -2.58. The van der Waals surface area contributed by atoms with Crippen LogP contribution in [0.1, 0.15) is 38.5 Å². The second-order valence-electron chi connectivity index (χ2n) is 10.1. The summed E-state index contributed by atoms with van der Waals surface area (Å²) in [5, 5.41) is 10.7. The number of aliphatic hydroxyl groups excluding tert-OH is 1. The van der Waals surface area contributed by atoms with Gasteiger partial charge in [-0.3, -0.25) is 4.90 Å². The molecule has 0 aromatic heterocycles. The highest BCUT2D eigenvalue weighted by atomic mass is 32.2. The van der Waals surface area contributed by atoms with E-state index in [4.69, 9.17) is 0 Å². The number of rotatable bonds is 5. The van der Waals surface area contributed by atoms with Gasteiger partial charge in [-0.15, -0.1) is 0 Å². The number of sulfonamides is 1. The third kappa shape index (κ3) is 3.22. The average molecular weight is 405 g/mol. The molecule has 1 aromatic carbocycles. The molecule has 6 heteroatoms. The zero-order valence-electron chi connectivity index (χ0n) is 16.7. The fraction of sp³-hybridized carbons (Fsp3) is 0.727. The van der Waals surface area contributed by atoms with E-state index in [1.165, 1.54) is 42.8 Å². The molecule has 4 aliphatic carbocycles. The van der Waals surface area contributed by atoms with Crippen molar-refractivity contribution in [3.8, 4) is 0 Å². The minimum atomic E-state index is -3.54. The second-order valence-corrected chi connectivity index (χ2v) is 12.0. The van der Waals surface area contributed by atoms with Gasteiger partial charge in [0.15, 0.2) is 0 Å². The van der Waals surface area contributed by atoms with Crippen molar-refractivity contribution in [2.75, 3.05) is 26.7 Å². The summed E-state index contributed by atoms with van der Waals surface area (Å²) in [4.78, 5) is 2.59. The van der Waals surface area contributed by atoms with E-state index in [-0.39, 0.29) is 12.6 Å². The summed E-state index contributed by atoms with van der Waals surface area (Å²) in [6.07, 6.45) is 7.65. The fourth-order valence-corrected chi connectivity index (χ4v) is 8.73. The van der Waals surface area contributed by atoms with Crippen LogP contribution in [0.25, 0.3) is 0 Å². The van der Waals surface area contributed by atoms with E-state index in [0.717, 1.165) is 24.3 Å². The molecule has 1 N–H and O–H groups in total. The average Bonchev–Trinajstić information content (AvgIpc) is 3.04. The Morgan fingerprint density at radius 1 is 1.04 bits per heavy atom. The quantitative estimate of drug-likeness (QED) is 0.819. The van der Waals surface area contributed by atoms with Crippen LogP contribution in [0.2, 0.25) is 0 Å². The summed E-state index contributed by atoms with van der Waals surface area (Å²) in [7, 11) is -1.46. The highest BCUT2D eigenvalue weighted by Crippen LogP contribution is 2.60. The van der Waals surface area contributed by atoms with Crippen LogP contribution in [0.4, 0.5) is 0 Å². The van der Waals surface area contributed by atoms with E-state index >= 15 is 0 Å². The molecule has 0 spiro atoms. The molecular formula is C22H32N2O3S. The van der Waals surface area contributed by atoms with Crippen LogP contribution in [0.5, 0.6) is 0 Å². The van der Waals surface area contributed by atoms with Gasteiger partial charge >= 0.3 is 0 Å². The Hall–Kier alpha value is -0.950. The minimum absolute atomic E-state index is 0.119. The van der Waals surface area contributed by atoms with E-state index < -0.39 is 16.1 Å². The van der Waals surface area contributed by atoms with E-state index in [1.807, 2.05) is 6.07 Å². The molecule has 1 saturated heterocycles. The second kappa shape index (κ2) is 6.79. The summed E-state index contributed by atoms with van der Waals surface area (Å²) in [5.41, 5.74) is 0.398. The lowest BCUT2D eigenvalue weighted by Crippen LogP contribution is -2.53. The minimum Gasteiger partial charge on any atom is -0.390 e. The Bertz CT molecular complexity index is 790. The van der Waals surface area contributed by atoms with Gasteiger partial charge in [0.1, 0.15) is 0 Å². The van der Waals surface area contributed by atoms with E-state index in [1.54, 1.807) is 24.3 Å². The van der Waals surface area contributed by atoms with Crippen LogP contribution >= 0.6 is 0 Å². The summed E-state index contributed by atoms with van der Waals surface area (Å²) in [5.74, 6) is 2.72. The van der Waals surface area contributed by atoms with Crippen molar-refractivity contribution in [3.05, 3.63) is 30.3 Å². The molecule has 0 radical (unpaired) electrons. The van der Waals surface area contributed by atoms with Crippen LogP contribution in [-0.4, -0.2) is 61.6 Å². The van der Waals surface area contributed by atoms with E-state index in [0.29, 0.717) is 16.9 Å². The molecule has 154 valence electrons. The summed E-state index contributed by atoms with van der Waals surface area (Å²) in [6.45, 7) is 1.56. The first kappa shape index (κ1) is 19.0. The van der Waals surface area contributed by atoms with Crippen molar-refractivity contribution in [1.29, 1.82) is 0 Å². The molecule has 4 saturated carbocycles. The highest BCUT2D eigenvalue weighted by Gasteiger charge is 2.52. The van der Waals surface area contributed by atoms with Gasteiger partial charge in [0.05, 0.1) is 17.0 Å². The standard InChI is InChI=1S/C22H32N2O3S/c1-23(15-22-10-16-7-17(11-22)9-18(8-16)12-22)20-13-24(14-21(20)25)28(26,27)19-5-3-2-4-6-19/h2-6,16-18,20-21,25H,7-15H2,1H3/t16?,17?,18?,20-,21-,22?/m0/s1. The molecule has 1 heterocycles. The molecule has 5 nitrogen and oxygen atoms in total. The van der Waals surface area contributed by atoms with Gasteiger partial charge in [-0.1, -0.05) is 18.2 Å². The zero-order valence-corrected chi connectivity index (χ0v) is 17.5. The van der Waals surface area contributed by atoms with Gasteiger partial charge in [0.2, 0.25) is 10.0 Å². The maximum atomic E-state index is 13.0. The van der Waals surface area contributed by atoms with E-state index in [2.05, 4.69) is 11.9 Å². The van der Waals surface area contributed by atoms with Crippen LogP contribution in [0, 0.1) is 23.2 Å². The van der Waals surface area contributed by atoms with Gasteiger partial charge in [-0.25, -0.2) is 8.42 Å². The van der Waals surface area contributed by atoms with Crippen LogP contribution in [-0.2, 0) is 10.0 Å². The molecule has 6 rings (SSSR count). The Morgan fingerprint density at radius 2 is 1.61 bits per heavy atom. The predicted octanol–water partition coefficient (Wildman–Crippen LogP) is 2.57. The number of β-amino-alcohol motifs (C(OH)–C–C–N with tert-alkyl or cyclic N) is 1. The Labute approximate surface area is 168 Å². The molecule has 28 heavy (non-hydrogen) atoms. The smallest absolute Gasteiger partial charge is 0.243 e. The van der Waals surface area contributed by atoms with Crippen molar-refractivity contribution < 1.29 is 13.5 Å². The van der Waals surface area contributed by atoms with Gasteiger partial charge in [-0.05, 0) is 80.9 Å². The molecule has 5 aliphatic rings. The highest BCUT2D eigenvalue weighted by molar-refractivity contribution is 7.89. The lowest BCUT2D eigenvalue weighted by molar-refractivity contribution is -0.0743. The van der Waals surface area contributed by atoms with Gasteiger partial charge < -0.3 is 5.11 Å². The lowest BCUT2D eigenvalue weighted by atomic mass is 9.49. The fourth-order valence-electron chi connectivity index (χ4n) is 7.24. The maximum absolute atomic E-state index is 13.0. The SMILES string of the molecule is CN(CC12CC3CC(CC(C3)C1)C2)[C@H]1CN(S(=O)(=O)c2ccccc2)C[C@@H]1O. The van der Waals surface area contributed by atoms with Crippen LogP contribution in [0.15, 0.2) is 35.2 Å². The van der Waals surface area contributed by atoms with Crippen molar-refractivity contribution >= 4 is 10.0 Å². The van der Waals surface area contributed by atoms with Crippen LogP contribution in [0.3, 0.4) is 0 Å². The predicted molar refractivity (Wildman–Crippen MR) is 108 cm³/mol. The first-order valence-electron chi connectivity index (χ1n) is 10.8. The van der Waals surface area contributed by atoms with Crippen molar-refractivity contribution in [2.24, 2.45) is 23.2 Å². The molecular weight excluding hydrogens is 372 g/mol. The zero-order chi connectivity index (χ0) is 19.5. The number of aliphatic hydroxyl groups is 1. The van der Waals surface area contributed by atoms with Gasteiger partial charge in [0.25, 0.3) is 0 Å². The van der Waals surface area contributed by atoms with Gasteiger partial charge in [-0.2, -0.15) is 4.31 Å². The van der Waals surface area contributed by atoms with Crippen molar-refractivity contribution in [3.63, 3.8) is 0 Å². The molecule has 1 aliphatic heterocycles. The number of nitrogens with zero attached hydrogens (tertiary/aromatic N) is 2. The van der Waals surface area contributed by atoms with E-state index in [9.17, 15) is 13.5 Å². The molecule has 2 atom stereocenters. The molecule has 0 amide bonds. The number of benzene rings is 1. The Kier molecular flexibility index (Phi) is 4.62. The first-order chi connectivity index (χ1) is 13.3. The summed E-state index contributed by atoms with van der Waals surface area (Å²) >= 11 is 0. The van der Waals surface area contributed by atoms with Crippen molar-refractivity contribution in [2.45, 2.75) is 55.6 Å². The van der Waals surface area contributed by atoms with Crippen molar-refractivity contribution in [1.82, 2.24) is 9.21 Å². The number of hydrogen-bond acceptors (Lipinski definition) is 4. The third-order valence-electron chi connectivity index (χ3n) is 7.92. The molecule has 5 fully saturated rings. The Balaban J connectivity index is 1.29. The molecule has 1 aromatic rings. The van der Waals surface area contributed by atoms with Crippen LogP contribution < -0.4 is 0 Å². The monoisotopic (exact) mass is 404 g/mol. The number of hydrogen-bond donors (Lipinski definition) is 1. The topological polar surface area (TPSA) is 60.9 Å². The molecule has 4 bridgehead atoms. The number of likely N-dealkylation sites (N-methyl/N-ethyl adjacent to an activating group) is 1. The Morgan fingerprint density at radius 3 is 2.18 bits per heavy atom. The summed E-state index contributed by atoms with van der Waals surface area (Å²) in [6, 6.07) is 8.46. The first-order valence-corrected chi connectivity index (χ1v) is 12.2. The third-order valence-corrected chi connectivity index (χ3v) is 9.77. The molecule has 0 unspecified atom stereocenters.